The molecular formula is C14H23NO. The van der Waals surface area contributed by atoms with Gasteiger partial charge in [-0.3, -0.25) is 0 Å². The van der Waals surface area contributed by atoms with Gasteiger partial charge in [0, 0.05) is 11.6 Å². The minimum atomic E-state index is 0.0789. The van der Waals surface area contributed by atoms with E-state index in [0.29, 0.717) is 5.92 Å². The smallest absolute Gasteiger partial charge is 0.124 e. The van der Waals surface area contributed by atoms with Crippen molar-refractivity contribution in [3.05, 3.63) is 29.8 Å². The lowest BCUT2D eigenvalue weighted by molar-refractivity contribution is 0.285. The number of nitrogens with two attached hydrogens (primary N) is 1. The Labute approximate surface area is 98.8 Å². The molecule has 90 valence electrons. The first kappa shape index (κ1) is 13.0. The fourth-order valence-corrected chi connectivity index (χ4v) is 1.54. The van der Waals surface area contributed by atoms with E-state index >= 15 is 0 Å². The summed E-state index contributed by atoms with van der Waals surface area (Å²) >= 11 is 0. The molecule has 0 radical (unpaired) electrons. The zero-order chi connectivity index (χ0) is 12.0. The van der Waals surface area contributed by atoms with Crippen LogP contribution in [-0.4, -0.2) is 6.61 Å². The molecule has 1 aromatic carbocycles. The SMILES string of the molecule is CCC(N)c1ccccc1OCCC(C)C. The van der Waals surface area contributed by atoms with Crippen molar-refractivity contribution in [1.82, 2.24) is 0 Å². The molecule has 2 N–H and O–H groups in total. The molecule has 2 heteroatoms. The van der Waals surface area contributed by atoms with E-state index in [1.807, 2.05) is 18.2 Å². The maximum Gasteiger partial charge on any atom is 0.124 e. The van der Waals surface area contributed by atoms with Crippen LogP contribution in [-0.2, 0) is 0 Å². The Bertz CT molecular complexity index is 309. The van der Waals surface area contributed by atoms with Gasteiger partial charge < -0.3 is 10.5 Å². The fourth-order valence-electron chi connectivity index (χ4n) is 1.54. The maximum atomic E-state index is 6.05. The largest absolute Gasteiger partial charge is 0.493 e. The molecule has 0 saturated heterocycles. The lowest BCUT2D eigenvalue weighted by atomic mass is 10.0. The Morgan fingerprint density at radius 2 is 1.94 bits per heavy atom. The molecule has 1 unspecified atom stereocenters. The molecule has 16 heavy (non-hydrogen) atoms. The molecule has 1 rings (SSSR count). The van der Waals surface area contributed by atoms with Gasteiger partial charge in [0.2, 0.25) is 0 Å². The van der Waals surface area contributed by atoms with Crippen molar-refractivity contribution < 1.29 is 4.74 Å². The standard InChI is InChI=1S/C14H23NO/c1-4-13(15)12-7-5-6-8-14(12)16-10-9-11(2)3/h5-8,11,13H,4,9-10,15H2,1-3H3. The van der Waals surface area contributed by atoms with E-state index in [9.17, 15) is 0 Å². The highest BCUT2D eigenvalue weighted by Crippen LogP contribution is 2.25. The van der Waals surface area contributed by atoms with Crippen molar-refractivity contribution in [3.8, 4) is 5.75 Å². The van der Waals surface area contributed by atoms with Crippen LogP contribution in [0.1, 0.15) is 45.2 Å². The molecule has 0 spiro atoms. The molecule has 0 aliphatic heterocycles. The van der Waals surface area contributed by atoms with Crippen molar-refractivity contribution in [2.24, 2.45) is 11.7 Å². The van der Waals surface area contributed by atoms with Gasteiger partial charge in [0.15, 0.2) is 0 Å². The summed E-state index contributed by atoms with van der Waals surface area (Å²) in [6, 6.07) is 8.15. The molecule has 0 amide bonds. The Morgan fingerprint density at radius 1 is 1.25 bits per heavy atom. The molecule has 1 atom stereocenters. The van der Waals surface area contributed by atoms with E-state index in [4.69, 9.17) is 10.5 Å². The molecule has 0 aliphatic rings. The Kier molecular flexibility index (Phi) is 5.33. The van der Waals surface area contributed by atoms with Crippen LogP contribution >= 0.6 is 0 Å². The first-order chi connectivity index (χ1) is 7.65. The van der Waals surface area contributed by atoms with Gasteiger partial charge in [-0.15, -0.1) is 0 Å². The van der Waals surface area contributed by atoms with Gasteiger partial charge >= 0.3 is 0 Å². The summed E-state index contributed by atoms with van der Waals surface area (Å²) in [4.78, 5) is 0. The number of hydrogen-bond acceptors (Lipinski definition) is 2. The van der Waals surface area contributed by atoms with E-state index < -0.39 is 0 Å². The monoisotopic (exact) mass is 221 g/mol. The number of benzene rings is 1. The molecule has 0 aliphatic carbocycles. The normalized spacial score (nSPS) is 12.8. The molecule has 1 aromatic rings. The quantitative estimate of drug-likeness (QED) is 0.797. The predicted molar refractivity (Wildman–Crippen MR) is 68.6 cm³/mol. The molecular weight excluding hydrogens is 198 g/mol. The predicted octanol–water partition coefficient (Wildman–Crippen LogP) is 3.52. The van der Waals surface area contributed by atoms with Gasteiger partial charge in [0.05, 0.1) is 6.61 Å². The molecule has 0 bridgehead atoms. The number of hydrogen-bond donors (Lipinski definition) is 1. The third kappa shape index (κ3) is 3.86. The second-order valence-corrected chi connectivity index (χ2v) is 4.58. The average molecular weight is 221 g/mol. The van der Waals surface area contributed by atoms with Crippen molar-refractivity contribution in [1.29, 1.82) is 0 Å². The second-order valence-electron chi connectivity index (χ2n) is 4.58. The lowest BCUT2D eigenvalue weighted by Crippen LogP contribution is -2.11. The average Bonchev–Trinajstić information content (AvgIpc) is 2.28. The summed E-state index contributed by atoms with van der Waals surface area (Å²) in [6.07, 6.45) is 2.01. The minimum Gasteiger partial charge on any atom is -0.493 e. The summed E-state index contributed by atoms with van der Waals surface area (Å²) in [5.74, 6) is 1.62. The summed E-state index contributed by atoms with van der Waals surface area (Å²) < 4.78 is 5.79. The van der Waals surface area contributed by atoms with Crippen LogP contribution in [0.4, 0.5) is 0 Å². The third-order valence-electron chi connectivity index (χ3n) is 2.71. The number of para-hydroxylation sites is 1. The van der Waals surface area contributed by atoms with E-state index in [-0.39, 0.29) is 6.04 Å². The van der Waals surface area contributed by atoms with Crippen molar-refractivity contribution in [3.63, 3.8) is 0 Å². The van der Waals surface area contributed by atoms with Gasteiger partial charge in [-0.05, 0) is 24.8 Å². The van der Waals surface area contributed by atoms with Crippen molar-refractivity contribution in [2.45, 2.75) is 39.7 Å². The topological polar surface area (TPSA) is 35.2 Å². The van der Waals surface area contributed by atoms with Gasteiger partial charge in [0.1, 0.15) is 5.75 Å². The van der Waals surface area contributed by atoms with Crippen molar-refractivity contribution >= 4 is 0 Å². The van der Waals surface area contributed by atoms with Crippen LogP contribution in [0.2, 0.25) is 0 Å². The molecule has 0 saturated carbocycles. The molecule has 0 heterocycles. The zero-order valence-electron chi connectivity index (χ0n) is 10.6. The molecule has 0 fully saturated rings. The fraction of sp³-hybridized carbons (Fsp3) is 0.571. The van der Waals surface area contributed by atoms with Crippen LogP contribution in [0, 0.1) is 5.92 Å². The van der Waals surface area contributed by atoms with Gasteiger partial charge in [-0.2, -0.15) is 0 Å². The second kappa shape index (κ2) is 6.54. The number of rotatable bonds is 6. The zero-order valence-corrected chi connectivity index (χ0v) is 10.6. The summed E-state index contributed by atoms with van der Waals surface area (Å²) in [5, 5.41) is 0. The van der Waals surface area contributed by atoms with E-state index in [1.54, 1.807) is 0 Å². The van der Waals surface area contributed by atoms with Gasteiger partial charge in [0.25, 0.3) is 0 Å². The van der Waals surface area contributed by atoms with E-state index in [0.717, 1.165) is 30.8 Å². The van der Waals surface area contributed by atoms with Gasteiger partial charge in [-0.1, -0.05) is 39.0 Å². The van der Waals surface area contributed by atoms with Crippen LogP contribution in [0.15, 0.2) is 24.3 Å². The number of ether oxygens (including phenoxy) is 1. The minimum absolute atomic E-state index is 0.0789. The Morgan fingerprint density at radius 3 is 2.56 bits per heavy atom. The van der Waals surface area contributed by atoms with Gasteiger partial charge in [-0.25, -0.2) is 0 Å². The molecule has 2 nitrogen and oxygen atoms in total. The third-order valence-corrected chi connectivity index (χ3v) is 2.71. The van der Waals surface area contributed by atoms with Crippen LogP contribution < -0.4 is 10.5 Å². The first-order valence-corrected chi connectivity index (χ1v) is 6.12. The Balaban J connectivity index is 2.64. The Hall–Kier alpha value is -1.02. The lowest BCUT2D eigenvalue weighted by Gasteiger charge is -2.16. The van der Waals surface area contributed by atoms with Crippen LogP contribution in [0.5, 0.6) is 5.75 Å². The highest BCUT2D eigenvalue weighted by atomic mass is 16.5. The van der Waals surface area contributed by atoms with E-state index in [2.05, 4.69) is 26.8 Å². The maximum absolute atomic E-state index is 6.05. The summed E-state index contributed by atoms with van der Waals surface area (Å²) in [6.45, 7) is 7.26. The van der Waals surface area contributed by atoms with Crippen molar-refractivity contribution in [2.75, 3.05) is 6.61 Å². The van der Waals surface area contributed by atoms with Crippen LogP contribution in [0.25, 0.3) is 0 Å². The van der Waals surface area contributed by atoms with Crippen LogP contribution in [0.3, 0.4) is 0 Å². The van der Waals surface area contributed by atoms with E-state index in [1.165, 1.54) is 0 Å². The highest BCUT2D eigenvalue weighted by molar-refractivity contribution is 5.35. The molecule has 0 aromatic heterocycles. The summed E-state index contributed by atoms with van der Waals surface area (Å²) in [7, 11) is 0. The summed E-state index contributed by atoms with van der Waals surface area (Å²) in [5.41, 5.74) is 7.17. The first-order valence-electron chi connectivity index (χ1n) is 6.12. The highest BCUT2D eigenvalue weighted by Gasteiger charge is 2.09.